The molecule has 0 aromatic heterocycles. The van der Waals surface area contributed by atoms with Gasteiger partial charge in [-0.25, -0.2) is 8.42 Å². The molecule has 33 heavy (non-hydrogen) atoms. The van der Waals surface area contributed by atoms with Crippen molar-refractivity contribution in [2.45, 2.75) is 44.0 Å². The Balaban J connectivity index is 1.58. The lowest BCUT2D eigenvalue weighted by molar-refractivity contribution is -0.134. The van der Waals surface area contributed by atoms with Crippen LogP contribution in [0, 0.1) is 0 Å². The molecular formula is C24H30ClN3O4S. The fraction of sp³-hybridized carbons (Fsp3) is 0.417. The normalized spacial score (nSPS) is 16.3. The summed E-state index contributed by atoms with van der Waals surface area (Å²) in [4.78, 5) is 27.1. The molecule has 3 rings (SSSR count). The van der Waals surface area contributed by atoms with Crippen LogP contribution >= 0.6 is 11.6 Å². The maximum atomic E-state index is 12.9. The molecule has 0 aliphatic carbocycles. The van der Waals surface area contributed by atoms with Gasteiger partial charge in [-0.05, 0) is 42.2 Å². The summed E-state index contributed by atoms with van der Waals surface area (Å²) >= 11 is 6.07. The molecule has 0 saturated carbocycles. The predicted octanol–water partition coefficient (Wildman–Crippen LogP) is 3.29. The lowest BCUT2D eigenvalue weighted by Gasteiger charge is -2.35. The zero-order valence-corrected chi connectivity index (χ0v) is 20.9. The van der Waals surface area contributed by atoms with Crippen LogP contribution in [-0.2, 0) is 20.2 Å². The van der Waals surface area contributed by atoms with Gasteiger partial charge in [0.1, 0.15) is 10.9 Å². The number of benzene rings is 2. The zero-order chi connectivity index (χ0) is 24.4. The lowest BCUT2D eigenvalue weighted by atomic mass is 9.86. The summed E-state index contributed by atoms with van der Waals surface area (Å²) in [5.74, 6) is -0.569. The standard InChI is InChI=1S/C24H30ClN3O4S/c1-17(26-22(29)18-9-11-19(12-10-18)24(2,3)4)23(30)27-13-15-28(16-14-27)33(31,32)21-8-6-5-7-20(21)25/h5-12,17H,13-16H2,1-4H3,(H,26,29). The Labute approximate surface area is 200 Å². The van der Waals surface area contributed by atoms with Crippen molar-refractivity contribution in [1.82, 2.24) is 14.5 Å². The first-order chi connectivity index (χ1) is 15.4. The lowest BCUT2D eigenvalue weighted by Crippen LogP contribution is -2.55. The number of carbonyl (C=O) groups excluding carboxylic acids is 2. The second-order valence-corrected chi connectivity index (χ2v) is 11.5. The largest absolute Gasteiger partial charge is 0.341 e. The summed E-state index contributed by atoms with van der Waals surface area (Å²) in [5.41, 5.74) is 1.59. The SMILES string of the molecule is CC(NC(=O)c1ccc(C(C)(C)C)cc1)C(=O)N1CCN(S(=O)(=O)c2ccccc2Cl)CC1. The number of hydrogen-bond acceptors (Lipinski definition) is 4. The van der Waals surface area contributed by atoms with E-state index >= 15 is 0 Å². The molecule has 1 aliphatic rings. The topological polar surface area (TPSA) is 86.8 Å². The Morgan fingerprint density at radius 2 is 1.55 bits per heavy atom. The zero-order valence-electron chi connectivity index (χ0n) is 19.3. The molecule has 1 saturated heterocycles. The summed E-state index contributed by atoms with van der Waals surface area (Å²) in [6.45, 7) is 8.73. The number of sulfonamides is 1. The smallest absolute Gasteiger partial charge is 0.251 e. The van der Waals surface area contributed by atoms with Gasteiger partial charge in [-0.2, -0.15) is 4.31 Å². The monoisotopic (exact) mass is 491 g/mol. The van der Waals surface area contributed by atoms with Crippen molar-refractivity contribution in [3.8, 4) is 0 Å². The minimum absolute atomic E-state index is 0.0142. The minimum atomic E-state index is -3.74. The highest BCUT2D eigenvalue weighted by Gasteiger charge is 2.32. The van der Waals surface area contributed by atoms with E-state index in [1.54, 1.807) is 36.1 Å². The van der Waals surface area contributed by atoms with E-state index in [4.69, 9.17) is 11.6 Å². The van der Waals surface area contributed by atoms with Gasteiger partial charge < -0.3 is 10.2 Å². The molecule has 2 aromatic rings. The number of nitrogens with one attached hydrogen (secondary N) is 1. The number of nitrogens with zero attached hydrogens (tertiary/aromatic N) is 2. The molecule has 0 spiro atoms. The van der Waals surface area contributed by atoms with Gasteiger partial charge in [0.2, 0.25) is 15.9 Å². The average Bonchev–Trinajstić information content (AvgIpc) is 2.78. The summed E-state index contributed by atoms with van der Waals surface area (Å²) in [5, 5.41) is 2.92. The number of hydrogen-bond donors (Lipinski definition) is 1. The van der Waals surface area contributed by atoms with Crippen LogP contribution in [-0.4, -0.2) is 61.7 Å². The third kappa shape index (κ3) is 5.75. The summed E-state index contributed by atoms with van der Waals surface area (Å²) < 4.78 is 27.1. The van der Waals surface area contributed by atoms with Gasteiger partial charge in [-0.15, -0.1) is 0 Å². The Bertz CT molecular complexity index is 1120. The van der Waals surface area contributed by atoms with Gasteiger partial charge in [-0.3, -0.25) is 9.59 Å². The van der Waals surface area contributed by atoms with E-state index in [-0.39, 0.29) is 53.3 Å². The maximum Gasteiger partial charge on any atom is 0.251 e. The van der Waals surface area contributed by atoms with Gasteiger partial charge in [0.15, 0.2) is 0 Å². The van der Waals surface area contributed by atoms with Gasteiger partial charge >= 0.3 is 0 Å². The van der Waals surface area contributed by atoms with Crippen LogP contribution in [0.25, 0.3) is 0 Å². The van der Waals surface area contributed by atoms with E-state index in [2.05, 4.69) is 26.1 Å². The first-order valence-corrected chi connectivity index (χ1v) is 12.7. The molecule has 1 heterocycles. The van der Waals surface area contributed by atoms with E-state index in [0.717, 1.165) is 5.56 Å². The second kappa shape index (κ2) is 9.83. The van der Waals surface area contributed by atoms with Crippen molar-refractivity contribution in [2.24, 2.45) is 0 Å². The van der Waals surface area contributed by atoms with E-state index in [1.165, 1.54) is 16.4 Å². The van der Waals surface area contributed by atoms with E-state index < -0.39 is 16.1 Å². The number of piperazine rings is 1. The molecule has 7 nitrogen and oxygen atoms in total. The quantitative estimate of drug-likeness (QED) is 0.695. The highest BCUT2D eigenvalue weighted by Crippen LogP contribution is 2.25. The fourth-order valence-electron chi connectivity index (χ4n) is 3.68. The molecule has 2 amide bonds. The average molecular weight is 492 g/mol. The molecule has 0 radical (unpaired) electrons. The minimum Gasteiger partial charge on any atom is -0.341 e. The highest BCUT2D eigenvalue weighted by atomic mass is 35.5. The molecule has 178 valence electrons. The third-order valence-corrected chi connectivity index (χ3v) is 8.13. The van der Waals surface area contributed by atoms with Crippen molar-refractivity contribution >= 4 is 33.4 Å². The van der Waals surface area contributed by atoms with Crippen LogP contribution in [0.5, 0.6) is 0 Å². The number of rotatable bonds is 5. The van der Waals surface area contributed by atoms with Crippen molar-refractivity contribution in [3.63, 3.8) is 0 Å². The molecule has 9 heteroatoms. The molecule has 1 unspecified atom stereocenters. The molecule has 1 atom stereocenters. The molecule has 2 aromatic carbocycles. The Morgan fingerprint density at radius 3 is 2.09 bits per heavy atom. The number of carbonyl (C=O) groups is 2. The van der Waals surface area contributed by atoms with Gasteiger partial charge in [0, 0.05) is 31.7 Å². The first kappa shape index (κ1) is 25.2. The molecule has 1 aliphatic heterocycles. The van der Waals surface area contributed by atoms with Crippen LogP contribution in [0.2, 0.25) is 5.02 Å². The predicted molar refractivity (Wildman–Crippen MR) is 129 cm³/mol. The van der Waals surface area contributed by atoms with Gasteiger partial charge in [0.25, 0.3) is 5.91 Å². The van der Waals surface area contributed by atoms with Crippen LogP contribution in [0.1, 0.15) is 43.6 Å². The van der Waals surface area contributed by atoms with E-state index in [1.807, 2.05) is 12.1 Å². The Hall–Kier alpha value is -2.42. The van der Waals surface area contributed by atoms with Crippen molar-refractivity contribution in [2.75, 3.05) is 26.2 Å². The third-order valence-electron chi connectivity index (χ3n) is 5.74. The second-order valence-electron chi connectivity index (χ2n) is 9.18. The first-order valence-electron chi connectivity index (χ1n) is 10.9. The summed E-state index contributed by atoms with van der Waals surface area (Å²) in [6, 6.07) is 12.9. The summed E-state index contributed by atoms with van der Waals surface area (Å²) in [6.07, 6.45) is 0. The summed E-state index contributed by atoms with van der Waals surface area (Å²) in [7, 11) is -3.74. The van der Waals surface area contributed by atoms with Crippen LogP contribution in [0.3, 0.4) is 0 Å². The number of halogens is 1. The molecule has 1 fully saturated rings. The van der Waals surface area contributed by atoms with Gasteiger partial charge in [0.05, 0.1) is 5.02 Å². The number of amides is 2. The van der Waals surface area contributed by atoms with E-state index in [0.29, 0.717) is 5.56 Å². The van der Waals surface area contributed by atoms with Crippen LogP contribution < -0.4 is 5.32 Å². The Morgan fingerprint density at radius 1 is 0.970 bits per heavy atom. The maximum absolute atomic E-state index is 12.9. The molecule has 0 bridgehead atoms. The highest BCUT2D eigenvalue weighted by molar-refractivity contribution is 7.89. The van der Waals surface area contributed by atoms with Crippen molar-refractivity contribution in [1.29, 1.82) is 0 Å². The van der Waals surface area contributed by atoms with Crippen LogP contribution in [0.4, 0.5) is 0 Å². The molecular weight excluding hydrogens is 462 g/mol. The van der Waals surface area contributed by atoms with Crippen molar-refractivity contribution < 1.29 is 18.0 Å². The van der Waals surface area contributed by atoms with E-state index in [9.17, 15) is 18.0 Å². The van der Waals surface area contributed by atoms with Crippen molar-refractivity contribution in [3.05, 3.63) is 64.7 Å². The fourth-order valence-corrected chi connectivity index (χ4v) is 5.59. The van der Waals surface area contributed by atoms with Crippen LogP contribution in [0.15, 0.2) is 53.4 Å². The Kier molecular flexibility index (Phi) is 7.51. The van der Waals surface area contributed by atoms with Gasteiger partial charge in [-0.1, -0.05) is 56.6 Å². The molecule has 1 N–H and O–H groups in total.